The molecule has 2 amide bonds. The Morgan fingerprint density at radius 2 is 1.62 bits per heavy atom. The largest absolute Gasteiger partial charge is 0.508 e. The van der Waals surface area contributed by atoms with Crippen LogP contribution in [0.15, 0.2) is 60.7 Å². The number of carbonyl (C=O) groups excluding carboxylic acids is 2. The smallest absolute Gasteiger partial charge is 0.255 e. The van der Waals surface area contributed by atoms with Gasteiger partial charge >= 0.3 is 0 Å². The van der Waals surface area contributed by atoms with Crippen molar-refractivity contribution in [1.82, 2.24) is 0 Å². The predicted octanol–water partition coefficient (Wildman–Crippen LogP) is 5.44. The average molecular weight is 429 g/mol. The van der Waals surface area contributed by atoms with Crippen molar-refractivity contribution in [2.24, 2.45) is 0 Å². The van der Waals surface area contributed by atoms with Gasteiger partial charge in [-0.15, -0.1) is 0 Å². The molecule has 0 saturated carbocycles. The van der Waals surface area contributed by atoms with E-state index in [2.05, 4.69) is 10.6 Å². The van der Waals surface area contributed by atoms with Crippen molar-refractivity contribution < 1.29 is 14.7 Å². The van der Waals surface area contributed by atoms with Gasteiger partial charge < -0.3 is 15.7 Å². The molecule has 0 aromatic heterocycles. The van der Waals surface area contributed by atoms with Crippen molar-refractivity contribution >= 4 is 46.4 Å². The number of amides is 2. The minimum atomic E-state index is -0.313. The summed E-state index contributed by atoms with van der Waals surface area (Å²) in [6, 6.07) is 16.3. The Kier molecular flexibility index (Phi) is 6.42. The van der Waals surface area contributed by atoms with Crippen LogP contribution in [0, 0.1) is 6.92 Å². The van der Waals surface area contributed by atoms with Crippen molar-refractivity contribution in [1.29, 1.82) is 0 Å². The Morgan fingerprint density at radius 3 is 2.31 bits per heavy atom. The normalized spacial score (nSPS) is 10.4. The highest BCUT2D eigenvalue weighted by molar-refractivity contribution is 6.42. The van der Waals surface area contributed by atoms with Gasteiger partial charge in [0.2, 0.25) is 5.91 Å². The summed E-state index contributed by atoms with van der Waals surface area (Å²) in [5.41, 5.74) is 3.14. The predicted molar refractivity (Wildman–Crippen MR) is 116 cm³/mol. The first-order valence-corrected chi connectivity index (χ1v) is 9.52. The van der Waals surface area contributed by atoms with Gasteiger partial charge in [-0.3, -0.25) is 9.59 Å². The fourth-order valence-corrected chi connectivity index (χ4v) is 3.00. The summed E-state index contributed by atoms with van der Waals surface area (Å²) >= 11 is 11.9. The summed E-state index contributed by atoms with van der Waals surface area (Å²) in [6.07, 6.45) is 0.139. The Balaban J connectivity index is 1.69. The summed E-state index contributed by atoms with van der Waals surface area (Å²) in [6.45, 7) is 1.85. The fraction of sp³-hybridized carbons (Fsp3) is 0.0909. The van der Waals surface area contributed by atoms with Gasteiger partial charge in [-0.1, -0.05) is 35.3 Å². The van der Waals surface area contributed by atoms with Gasteiger partial charge in [0.05, 0.1) is 16.5 Å². The van der Waals surface area contributed by atoms with Crippen molar-refractivity contribution in [3.8, 4) is 5.75 Å². The second-order valence-corrected chi connectivity index (χ2v) is 7.32. The fourth-order valence-electron chi connectivity index (χ4n) is 2.68. The van der Waals surface area contributed by atoms with E-state index in [4.69, 9.17) is 23.2 Å². The second kappa shape index (κ2) is 8.99. The molecule has 0 bridgehead atoms. The van der Waals surface area contributed by atoms with Crippen LogP contribution >= 0.6 is 23.2 Å². The first-order chi connectivity index (χ1) is 13.8. The van der Waals surface area contributed by atoms with Gasteiger partial charge in [-0.25, -0.2) is 0 Å². The molecule has 0 aliphatic heterocycles. The molecule has 3 N–H and O–H groups in total. The van der Waals surface area contributed by atoms with E-state index in [0.29, 0.717) is 27.0 Å². The Morgan fingerprint density at radius 1 is 0.897 bits per heavy atom. The lowest BCUT2D eigenvalue weighted by atomic mass is 10.1. The molecule has 0 aliphatic carbocycles. The summed E-state index contributed by atoms with van der Waals surface area (Å²) in [4.78, 5) is 24.8. The van der Waals surface area contributed by atoms with E-state index in [-0.39, 0.29) is 24.0 Å². The lowest BCUT2D eigenvalue weighted by Gasteiger charge is -2.12. The van der Waals surface area contributed by atoms with Crippen LogP contribution in [-0.4, -0.2) is 16.9 Å². The molecular formula is C22H18Cl2N2O3. The zero-order valence-electron chi connectivity index (χ0n) is 15.5. The van der Waals surface area contributed by atoms with Crippen molar-refractivity contribution in [2.75, 3.05) is 10.6 Å². The monoisotopic (exact) mass is 428 g/mol. The maximum Gasteiger partial charge on any atom is 0.255 e. The molecule has 0 heterocycles. The van der Waals surface area contributed by atoms with Crippen LogP contribution in [-0.2, 0) is 11.2 Å². The molecule has 0 radical (unpaired) electrons. The molecule has 0 saturated heterocycles. The topological polar surface area (TPSA) is 78.4 Å². The van der Waals surface area contributed by atoms with Crippen LogP contribution in [0.3, 0.4) is 0 Å². The number of benzene rings is 3. The number of carbonyl (C=O) groups is 2. The molecule has 0 spiro atoms. The van der Waals surface area contributed by atoms with Crippen LogP contribution in [0.5, 0.6) is 5.75 Å². The zero-order chi connectivity index (χ0) is 21.0. The van der Waals surface area contributed by atoms with Gasteiger partial charge in [0, 0.05) is 16.9 Å². The lowest BCUT2D eigenvalue weighted by Crippen LogP contribution is -2.16. The molecule has 3 aromatic rings. The van der Waals surface area contributed by atoms with Crippen LogP contribution in [0.4, 0.5) is 11.4 Å². The van der Waals surface area contributed by atoms with Crippen LogP contribution < -0.4 is 10.6 Å². The van der Waals surface area contributed by atoms with Gasteiger partial charge in [-0.05, 0) is 66.6 Å². The number of nitrogens with one attached hydrogen (secondary N) is 2. The minimum Gasteiger partial charge on any atom is -0.508 e. The highest BCUT2D eigenvalue weighted by Crippen LogP contribution is 2.24. The van der Waals surface area contributed by atoms with E-state index in [1.807, 2.05) is 6.92 Å². The Labute approximate surface area is 178 Å². The quantitative estimate of drug-likeness (QED) is 0.505. The number of aromatic hydroxyl groups is 1. The summed E-state index contributed by atoms with van der Waals surface area (Å²) in [5.74, 6) is -0.445. The van der Waals surface area contributed by atoms with Crippen molar-refractivity contribution in [3.05, 3.63) is 87.4 Å². The minimum absolute atomic E-state index is 0.0874. The lowest BCUT2D eigenvalue weighted by molar-refractivity contribution is -0.115. The number of aryl methyl sites for hydroxylation is 1. The molecule has 148 valence electrons. The van der Waals surface area contributed by atoms with Gasteiger partial charge in [-0.2, -0.15) is 0 Å². The third kappa shape index (κ3) is 5.50. The Bertz CT molecular complexity index is 1070. The summed E-state index contributed by atoms with van der Waals surface area (Å²) in [7, 11) is 0. The highest BCUT2D eigenvalue weighted by Gasteiger charge is 2.11. The van der Waals surface area contributed by atoms with E-state index < -0.39 is 0 Å². The van der Waals surface area contributed by atoms with E-state index in [0.717, 1.165) is 11.1 Å². The van der Waals surface area contributed by atoms with Crippen molar-refractivity contribution in [2.45, 2.75) is 13.3 Å². The molecule has 3 aromatic carbocycles. The standard InChI is InChI=1S/C22H18Cl2N2O3/c1-13-2-6-16(25-21(28)11-14-3-9-18(23)19(24)10-14)12-20(13)26-22(29)15-4-7-17(27)8-5-15/h2-10,12,27H,11H2,1H3,(H,25,28)(H,26,29). The number of hydrogen-bond acceptors (Lipinski definition) is 3. The SMILES string of the molecule is Cc1ccc(NC(=O)Cc2ccc(Cl)c(Cl)c2)cc1NC(=O)c1ccc(O)cc1. The zero-order valence-corrected chi connectivity index (χ0v) is 17.0. The Hall–Kier alpha value is -3.02. The van der Waals surface area contributed by atoms with Crippen molar-refractivity contribution in [3.63, 3.8) is 0 Å². The average Bonchev–Trinajstić information content (AvgIpc) is 2.68. The summed E-state index contributed by atoms with van der Waals surface area (Å²) in [5, 5.41) is 15.8. The van der Waals surface area contributed by atoms with E-state index in [1.54, 1.807) is 36.4 Å². The number of halogens is 2. The van der Waals surface area contributed by atoms with Gasteiger partial charge in [0.15, 0.2) is 0 Å². The maximum absolute atomic E-state index is 12.4. The molecule has 0 aliphatic rings. The van der Waals surface area contributed by atoms with E-state index in [1.165, 1.54) is 24.3 Å². The molecule has 5 nitrogen and oxygen atoms in total. The third-order valence-corrected chi connectivity index (χ3v) is 4.99. The molecule has 29 heavy (non-hydrogen) atoms. The number of rotatable bonds is 5. The van der Waals surface area contributed by atoms with Crippen LogP contribution in [0.2, 0.25) is 10.0 Å². The second-order valence-electron chi connectivity index (χ2n) is 6.50. The molecule has 0 unspecified atom stereocenters. The molecule has 0 atom stereocenters. The van der Waals surface area contributed by atoms with Crippen LogP contribution in [0.1, 0.15) is 21.5 Å². The number of phenolic OH excluding ortho intramolecular Hbond substituents is 1. The first kappa shape index (κ1) is 20.7. The molecule has 0 fully saturated rings. The van der Waals surface area contributed by atoms with E-state index >= 15 is 0 Å². The molecule has 7 heteroatoms. The number of phenols is 1. The number of anilines is 2. The van der Waals surface area contributed by atoms with Gasteiger partial charge in [0.25, 0.3) is 5.91 Å². The summed E-state index contributed by atoms with van der Waals surface area (Å²) < 4.78 is 0. The van der Waals surface area contributed by atoms with E-state index in [9.17, 15) is 14.7 Å². The maximum atomic E-state index is 12.4. The first-order valence-electron chi connectivity index (χ1n) is 8.76. The molecular weight excluding hydrogens is 411 g/mol. The van der Waals surface area contributed by atoms with Crippen LogP contribution in [0.25, 0.3) is 0 Å². The number of hydrogen-bond donors (Lipinski definition) is 3. The van der Waals surface area contributed by atoms with Gasteiger partial charge in [0.1, 0.15) is 5.75 Å². The third-order valence-electron chi connectivity index (χ3n) is 4.25. The highest BCUT2D eigenvalue weighted by atomic mass is 35.5. The molecule has 3 rings (SSSR count).